The van der Waals surface area contributed by atoms with Crippen LogP contribution in [-0.2, 0) is 11.3 Å². The van der Waals surface area contributed by atoms with Gasteiger partial charge in [-0.15, -0.1) is 11.3 Å². The topological polar surface area (TPSA) is 85.3 Å². The third-order valence-corrected chi connectivity index (χ3v) is 5.62. The molecule has 2 amide bonds. The van der Waals surface area contributed by atoms with Gasteiger partial charge in [-0.05, 0) is 48.2 Å². The first-order valence-corrected chi connectivity index (χ1v) is 11.1. The Kier molecular flexibility index (Phi) is 6.80. The quantitative estimate of drug-likeness (QED) is 0.405. The van der Waals surface area contributed by atoms with E-state index in [2.05, 4.69) is 16.0 Å². The molecule has 4 rings (SSSR count). The first kappa shape index (κ1) is 22.2. The minimum Gasteiger partial charge on any atom is -0.481 e. The normalized spacial score (nSPS) is 11.6. The van der Waals surface area contributed by atoms with Crippen molar-refractivity contribution in [1.29, 1.82) is 0 Å². The second-order valence-electron chi connectivity index (χ2n) is 7.21. The third kappa shape index (κ3) is 5.64. The number of rotatable bonds is 7. The first-order chi connectivity index (χ1) is 16.0. The molecule has 1 unspecified atom stereocenters. The van der Waals surface area contributed by atoms with E-state index in [4.69, 9.17) is 4.74 Å². The van der Waals surface area contributed by atoms with Gasteiger partial charge in [0.05, 0.1) is 17.0 Å². The van der Waals surface area contributed by atoms with E-state index < -0.39 is 23.7 Å². The second-order valence-corrected chi connectivity index (χ2v) is 8.16. The number of halogens is 1. The van der Waals surface area contributed by atoms with Crippen LogP contribution < -0.4 is 15.6 Å². The molecule has 0 saturated carbocycles. The maximum Gasteiger partial charge on any atom is 0.279 e. The molecule has 168 valence electrons. The fourth-order valence-electron chi connectivity index (χ4n) is 3.09. The Morgan fingerprint density at radius 3 is 2.52 bits per heavy atom. The highest BCUT2D eigenvalue weighted by Gasteiger charge is 2.21. The highest BCUT2D eigenvalue weighted by molar-refractivity contribution is 7.13. The molecule has 1 atom stereocenters. The van der Waals surface area contributed by atoms with Crippen molar-refractivity contribution < 1.29 is 18.7 Å². The first-order valence-electron chi connectivity index (χ1n) is 10.2. The van der Waals surface area contributed by atoms with Crippen molar-refractivity contribution in [1.82, 2.24) is 20.6 Å². The van der Waals surface area contributed by atoms with Gasteiger partial charge in [-0.3, -0.25) is 25.1 Å². The monoisotopic (exact) mass is 464 g/mol. The number of nitrogens with one attached hydrogen (secondary N) is 2. The van der Waals surface area contributed by atoms with Gasteiger partial charge in [0, 0.05) is 6.20 Å². The number of hydrazine groups is 1. The number of amides is 2. The van der Waals surface area contributed by atoms with Gasteiger partial charge in [-0.1, -0.05) is 36.4 Å². The minimum absolute atomic E-state index is 0.334. The number of hydrogen-bond acceptors (Lipinski definition) is 5. The fraction of sp³-hybridized carbons (Fsp3) is 0.125. The van der Waals surface area contributed by atoms with Gasteiger partial charge in [-0.2, -0.15) is 5.10 Å². The van der Waals surface area contributed by atoms with E-state index in [0.717, 1.165) is 10.4 Å². The lowest BCUT2D eigenvalue weighted by molar-refractivity contribution is -0.128. The summed E-state index contributed by atoms with van der Waals surface area (Å²) in [6.45, 7) is 2.03. The van der Waals surface area contributed by atoms with E-state index in [-0.39, 0.29) is 0 Å². The number of hydrogen-bond donors (Lipinski definition) is 2. The molecule has 0 fully saturated rings. The van der Waals surface area contributed by atoms with Crippen LogP contribution in [0.25, 0.3) is 10.6 Å². The Morgan fingerprint density at radius 1 is 1.06 bits per heavy atom. The van der Waals surface area contributed by atoms with Crippen LogP contribution in [0, 0.1) is 5.82 Å². The maximum absolute atomic E-state index is 13.0. The molecule has 0 bridgehead atoms. The predicted octanol–water partition coefficient (Wildman–Crippen LogP) is 4.03. The van der Waals surface area contributed by atoms with E-state index >= 15 is 0 Å². The summed E-state index contributed by atoms with van der Waals surface area (Å²) in [6, 6.07) is 18.9. The zero-order valence-electron chi connectivity index (χ0n) is 17.7. The standard InChI is InChI=1S/C24H21FN4O3S/c1-16(32-19-11-9-18(25)10-12-19)23(30)26-27-24(31)20-15-29(14-17-6-3-2-4-7-17)28-22(20)21-8-5-13-33-21/h2-13,15-16H,14H2,1H3,(H,26,30)(H,27,31). The van der Waals surface area contributed by atoms with Crippen LogP contribution in [0.2, 0.25) is 0 Å². The summed E-state index contributed by atoms with van der Waals surface area (Å²) >= 11 is 1.47. The molecule has 0 aliphatic heterocycles. The molecule has 0 aliphatic rings. The Balaban J connectivity index is 1.44. The van der Waals surface area contributed by atoms with E-state index in [0.29, 0.717) is 23.6 Å². The Morgan fingerprint density at radius 2 is 1.82 bits per heavy atom. The minimum atomic E-state index is -0.909. The molecule has 0 aliphatic carbocycles. The lowest BCUT2D eigenvalue weighted by atomic mass is 10.2. The van der Waals surface area contributed by atoms with E-state index in [1.54, 1.807) is 10.9 Å². The highest BCUT2D eigenvalue weighted by Crippen LogP contribution is 2.27. The van der Waals surface area contributed by atoms with Gasteiger partial charge in [-0.25, -0.2) is 4.39 Å². The van der Waals surface area contributed by atoms with Crippen molar-refractivity contribution in [2.75, 3.05) is 0 Å². The van der Waals surface area contributed by atoms with Crippen molar-refractivity contribution >= 4 is 23.2 Å². The van der Waals surface area contributed by atoms with Crippen LogP contribution >= 0.6 is 11.3 Å². The van der Waals surface area contributed by atoms with Crippen molar-refractivity contribution in [2.45, 2.75) is 19.6 Å². The molecule has 4 aromatic rings. The molecule has 9 heteroatoms. The number of aromatic nitrogens is 2. The molecule has 2 aromatic carbocycles. The molecule has 2 aromatic heterocycles. The molecule has 33 heavy (non-hydrogen) atoms. The number of carbonyl (C=O) groups excluding carboxylic acids is 2. The summed E-state index contributed by atoms with van der Waals surface area (Å²) in [5, 5.41) is 6.50. The molecular weight excluding hydrogens is 443 g/mol. The molecule has 0 saturated heterocycles. The molecule has 7 nitrogen and oxygen atoms in total. The van der Waals surface area contributed by atoms with E-state index in [1.165, 1.54) is 42.5 Å². The van der Waals surface area contributed by atoms with Gasteiger partial charge >= 0.3 is 0 Å². The molecule has 0 spiro atoms. The number of ether oxygens (including phenoxy) is 1. The van der Waals surface area contributed by atoms with Crippen LogP contribution in [0.4, 0.5) is 4.39 Å². The van der Waals surface area contributed by atoms with Crippen molar-refractivity contribution in [3.05, 3.63) is 95.3 Å². The summed E-state index contributed by atoms with van der Waals surface area (Å²) < 4.78 is 20.2. The summed E-state index contributed by atoms with van der Waals surface area (Å²) in [7, 11) is 0. The zero-order chi connectivity index (χ0) is 23.2. The van der Waals surface area contributed by atoms with E-state index in [9.17, 15) is 14.0 Å². The van der Waals surface area contributed by atoms with Crippen molar-refractivity contribution in [2.24, 2.45) is 0 Å². The number of nitrogens with zero attached hydrogens (tertiary/aromatic N) is 2. The van der Waals surface area contributed by atoms with Crippen LogP contribution in [0.5, 0.6) is 5.75 Å². The van der Waals surface area contributed by atoms with E-state index in [1.807, 2.05) is 47.8 Å². The molecule has 2 heterocycles. The number of thiophene rings is 1. The van der Waals surface area contributed by atoms with Crippen LogP contribution in [-0.4, -0.2) is 27.7 Å². The van der Waals surface area contributed by atoms with Crippen molar-refractivity contribution in [3.63, 3.8) is 0 Å². The average Bonchev–Trinajstić information content (AvgIpc) is 3.49. The highest BCUT2D eigenvalue weighted by atomic mass is 32.1. The second kappa shape index (κ2) is 10.1. The maximum atomic E-state index is 13.0. The van der Waals surface area contributed by atoms with Gasteiger partial charge in [0.15, 0.2) is 6.10 Å². The summed E-state index contributed by atoms with van der Waals surface area (Å²) in [5.41, 5.74) is 6.71. The van der Waals surface area contributed by atoms with Gasteiger partial charge < -0.3 is 4.74 Å². The molecule has 0 radical (unpaired) electrons. The Labute approximate surface area is 193 Å². The van der Waals surface area contributed by atoms with Crippen LogP contribution in [0.3, 0.4) is 0 Å². The lowest BCUT2D eigenvalue weighted by Crippen LogP contribution is -2.47. The summed E-state index contributed by atoms with van der Waals surface area (Å²) in [6.07, 6.45) is 0.746. The third-order valence-electron chi connectivity index (χ3n) is 4.74. The van der Waals surface area contributed by atoms with Crippen LogP contribution in [0.1, 0.15) is 22.8 Å². The SMILES string of the molecule is CC(Oc1ccc(F)cc1)C(=O)NNC(=O)c1cn(Cc2ccccc2)nc1-c1cccs1. The van der Waals surface area contributed by atoms with Crippen molar-refractivity contribution in [3.8, 4) is 16.3 Å². The average molecular weight is 465 g/mol. The van der Waals surface area contributed by atoms with Crippen LogP contribution in [0.15, 0.2) is 78.3 Å². The molecular formula is C24H21FN4O3S. The summed E-state index contributed by atoms with van der Waals surface area (Å²) in [4.78, 5) is 26.1. The summed E-state index contributed by atoms with van der Waals surface area (Å²) in [5.74, 6) is -1.12. The van der Waals surface area contributed by atoms with Gasteiger partial charge in [0.1, 0.15) is 17.3 Å². The Hall–Kier alpha value is -3.98. The van der Waals surface area contributed by atoms with Gasteiger partial charge in [0.2, 0.25) is 0 Å². The predicted molar refractivity (Wildman–Crippen MR) is 123 cm³/mol. The van der Waals surface area contributed by atoms with Gasteiger partial charge in [0.25, 0.3) is 11.8 Å². The zero-order valence-corrected chi connectivity index (χ0v) is 18.5. The smallest absolute Gasteiger partial charge is 0.279 e. The molecule has 2 N–H and O–H groups in total. The number of benzene rings is 2. The number of carbonyl (C=O) groups is 2. The Bertz CT molecular complexity index is 1220. The largest absolute Gasteiger partial charge is 0.481 e. The fourth-order valence-corrected chi connectivity index (χ4v) is 3.82. The lowest BCUT2D eigenvalue weighted by Gasteiger charge is -2.15.